The van der Waals surface area contributed by atoms with Gasteiger partial charge in [0.2, 0.25) is 5.88 Å². The maximum absolute atomic E-state index is 12.0. The Kier molecular flexibility index (Phi) is 5.15. The summed E-state index contributed by atoms with van der Waals surface area (Å²) in [5, 5.41) is 14.4. The molecule has 3 rings (SSSR count). The molecule has 0 saturated heterocycles. The number of fused-ring (bicyclic) bond motifs is 1. The van der Waals surface area contributed by atoms with Gasteiger partial charge < -0.3 is 10.1 Å². The fourth-order valence-corrected chi connectivity index (χ4v) is 2.72. The summed E-state index contributed by atoms with van der Waals surface area (Å²) < 4.78 is 5.44. The number of benzene rings is 2. The molecule has 1 aromatic heterocycles. The van der Waals surface area contributed by atoms with Crippen LogP contribution in [0.1, 0.15) is 0 Å². The van der Waals surface area contributed by atoms with Gasteiger partial charge in [-0.25, -0.2) is 9.97 Å². The average Bonchev–Trinajstić information content (AvgIpc) is 2.60. The van der Waals surface area contributed by atoms with Crippen LogP contribution >= 0.6 is 23.2 Å². The van der Waals surface area contributed by atoms with Gasteiger partial charge in [-0.2, -0.15) is 0 Å². The van der Waals surface area contributed by atoms with Crippen molar-refractivity contribution in [2.45, 2.75) is 0 Å². The van der Waals surface area contributed by atoms with Crippen LogP contribution in [0.25, 0.3) is 10.9 Å². The number of carbonyl (C=O) groups is 1. The third kappa shape index (κ3) is 3.98. The van der Waals surface area contributed by atoms with Gasteiger partial charge in [0.1, 0.15) is 6.33 Å². The van der Waals surface area contributed by atoms with Crippen LogP contribution in [0.2, 0.25) is 10.0 Å². The molecule has 26 heavy (non-hydrogen) atoms. The second kappa shape index (κ2) is 7.51. The highest BCUT2D eigenvalue weighted by Gasteiger charge is 2.12. The van der Waals surface area contributed by atoms with Crippen LogP contribution in [0.15, 0.2) is 42.7 Å². The SMILES string of the molecule is O=C(COc1ncnc2c(Cl)cc(Cl)cc12)Nc1ccc([N+](=O)[O-])cc1. The number of nitro groups is 1. The van der Waals surface area contributed by atoms with Gasteiger partial charge in [-0.3, -0.25) is 14.9 Å². The predicted molar refractivity (Wildman–Crippen MR) is 96.8 cm³/mol. The molecule has 0 spiro atoms. The van der Waals surface area contributed by atoms with E-state index in [4.69, 9.17) is 27.9 Å². The van der Waals surface area contributed by atoms with Gasteiger partial charge in [0, 0.05) is 22.8 Å². The summed E-state index contributed by atoms with van der Waals surface area (Å²) in [7, 11) is 0. The largest absolute Gasteiger partial charge is 0.467 e. The summed E-state index contributed by atoms with van der Waals surface area (Å²) in [5.41, 5.74) is 0.792. The quantitative estimate of drug-likeness (QED) is 0.521. The number of ether oxygens (including phenoxy) is 1. The van der Waals surface area contributed by atoms with Crippen molar-refractivity contribution in [2.24, 2.45) is 0 Å². The number of hydrogen-bond acceptors (Lipinski definition) is 6. The van der Waals surface area contributed by atoms with Gasteiger partial charge in [-0.15, -0.1) is 0 Å². The van der Waals surface area contributed by atoms with Crippen molar-refractivity contribution in [2.75, 3.05) is 11.9 Å². The van der Waals surface area contributed by atoms with Crippen LogP contribution in [0, 0.1) is 10.1 Å². The van der Waals surface area contributed by atoms with Crippen LogP contribution in [0.3, 0.4) is 0 Å². The second-order valence-electron chi connectivity index (χ2n) is 5.10. The molecule has 0 aliphatic rings. The van der Waals surface area contributed by atoms with Gasteiger partial charge in [0.25, 0.3) is 11.6 Å². The molecule has 0 unspecified atom stereocenters. The van der Waals surface area contributed by atoms with Gasteiger partial charge >= 0.3 is 0 Å². The summed E-state index contributed by atoms with van der Waals surface area (Å²) in [5.74, 6) is -0.294. The van der Waals surface area contributed by atoms with E-state index in [9.17, 15) is 14.9 Å². The number of nitrogens with zero attached hydrogens (tertiary/aromatic N) is 3. The minimum atomic E-state index is -0.523. The third-order valence-electron chi connectivity index (χ3n) is 3.32. The Bertz CT molecular complexity index is 995. The Balaban J connectivity index is 1.70. The van der Waals surface area contributed by atoms with E-state index < -0.39 is 10.8 Å². The Labute approximate surface area is 156 Å². The number of halogens is 2. The molecule has 0 aliphatic carbocycles. The number of carbonyl (C=O) groups excluding carboxylic acids is 1. The lowest BCUT2D eigenvalue weighted by Crippen LogP contribution is -2.20. The third-order valence-corrected chi connectivity index (χ3v) is 3.83. The standard InChI is InChI=1S/C16H10Cl2N4O4/c17-9-5-12-15(13(18)6-9)19-8-20-16(12)26-7-14(23)21-10-1-3-11(4-2-10)22(24)25/h1-6,8H,7H2,(H,21,23). The molecule has 0 atom stereocenters. The van der Waals surface area contributed by atoms with E-state index >= 15 is 0 Å². The van der Waals surface area contributed by atoms with Crippen molar-refractivity contribution < 1.29 is 14.5 Å². The van der Waals surface area contributed by atoms with Crippen molar-refractivity contribution in [3.05, 3.63) is 62.9 Å². The minimum absolute atomic E-state index is 0.0690. The molecule has 2 aromatic carbocycles. The van der Waals surface area contributed by atoms with Crippen LogP contribution in [0.4, 0.5) is 11.4 Å². The van der Waals surface area contributed by atoms with Crippen LogP contribution < -0.4 is 10.1 Å². The average molecular weight is 393 g/mol. The zero-order valence-electron chi connectivity index (χ0n) is 13.0. The van der Waals surface area contributed by atoms with Gasteiger partial charge in [0.05, 0.1) is 20.8 Å². The summed E-state index contributed by atoms with van der Waals surface area (Å²) in [6.45, 7) is -0.326. The Morgan fingerprint density at radius 1 is 1.19 bits per heavy atom. The smallest absolute Gasteiger partial charge is 0.269 e. The van der Waals surface area contributed by atoms with E-state index in [1.165, 1.54) is 30.6 Å². The molecular weight excluding hydrogens is 383 g/mol. The maximum Gasteiger partial charge on any atom is 0.269 e. The number of hydrogen-bond donors (Lipinski definition) is 1. The minimum Gasteiger partial charge on any atom is -0.467 e. The van der Waals surface area contributed by atoms with Crippen LogP contribution in [0.5, 0.6) is 5.88 Å². The molecule has 0 radical (unpaired) electrons. The first-order chi connectivity index (χ1) is 12.4. The highest BCUT2D eigenvalue weighted by molar-refractivity contribution is 6.38. The number of nitro benzene ring substituents is 1. The molecule has 0 aliphatic heterocycles. The van der Waals surface area contributed by atoms with Crippen LogP contribution in [-0.4, -0.2) is 27.4 Å². The number of anilines is 1. The highest BCUT2D eigenvalue weighted by Crippen LogP contribution is 2.30. The molecule has 0 fully saturated rings. The van der Waals surface area contributed by atoms with Crippen LogP contribution in [-0.2, 0) is 4.79 Å². The molecule has 10 heteroatoms. The number of amides is 1. The second-order valence-corrected chi connectivity index (χ2v) is 5.95. The number of non-ortho nitro benzene ring substituents is 1. The fraction of sp³-hybridized carbons (Fsp3) is 0.0625. The summed E-state index contributed by atoms with van der Waals surface area (Å²) in [6, 6.07) is 8.57. The van der Waals surface area contributed by atoms with Crippen molar-refractivity contribution in [3.8, 4) is 5.88 Å². The first kappa shape index (κ1) is 17.8. The van der Waals surface area contributed by atoms with Gasteiger partial charge in [-0.05, 0) is 24.3 Å². The molecule has 8 nitrogen and oxygen atoms in total. The lowest BCUT2D eigenvalue weighted by atomic mass is 10.2. The van der Waals surface area contributed by atoms with Crippen molar-refractivity contribution in [3.63, 3.8) is 0 Å². The molecule has 132 valence electrons. The van der Waals surface area contributed by atoms with E-state index in [1.807, 2.05) is 0 Å². The first-order valence-electron chi connectivity index (χ1n) is 7.21. The number of aromatic nitrogens is 2. The van der Waals surface area contributed by atoms with E-state index in [1.54, 1.807) is 12.1 Å². The predicted octanol–water partition coefficient (Wildman–Crippen LogP) is 3.86. The van der Waals surface area contributed by atoms with Crippen molar-refractivity contribution in [1.29, 1.82) is 0 Å². The lowest BCUT2D eigenvalue weighted by Gasteiger charge is -2.09. The highest BCUT2D eigenvalue weighted by atomic mass is 35.5. The molecular formula is C16H10Cl2N4O4. The number of nitrogens with one attached hydrogen (secondary N) is 1. The Hall–Kier alpha value is -2.97. The van der Waals surface area contributed by atoms with E-state index in [-0.39, 0.29) is 18.2 Å². The monoisotopic (exact) mass is 392 g/mol. The summed E-state index contributed by atoms with van der Waals surface area (Å²) in [6.07, 6.45) is 1.27. The van der Waals surface area contributed by atoms with Gasteiger partial charge in [-0.1, -0.05) is 23.2 Å². The molecule has 0 bridgehead atoms. The Morgan fingerprint density at radius 3 is 2.62 bits per heavy atom. The molecule has 1 heterocycles. The van der Waals surface area contributed by atoms with E-state index in [2.05, 4.69) is 15.3 Å². The Morgan fingerprint density at radius 2 is 1.92 bits per heavy atom. The van der Waals surface area contributed by atoms with Crippen molar-refractivity contribution in [1.82, 2.24) is 9.97 Å². The van der Waals surface area contributed by atoms with E-state index in [0.29, 0.717) is 26.6 Å². The lowest BCUT2D eigenvalue weighted by molar-refractivity contribution is -0.384. The zero-order valence-corrected chi connectivity index (χ0v) is 14.5. The molecule has 0 saturated carbocycles. The fourth-order valence-electron chi connectivity index (χ4n) is 2.18. The maximum atomic E-state index is 12.0. The molecule has 1 N–H and O–H groups in total. The zero-order chi connectivity index (χ0) is 18.7. The van der Waals surface area contributed by atoms with E-state index in [0.717, 1.165) is 0 Å². The number of rotatable bonds is 5. The normalized spacial score (nSPS) is 10.5. The van der Waals surface area contributed by atoms with Crippen molar-refractivity contribution >= 4 is 51.4 Å². The summed E-state index contributed by atoms with van der Waals surface area (Å²) in [4.78, 5) is 30.2. The van der Waals surface area contributed by atoms with Gasteiger partial charge in [0.15, 0.2) is 6.61 Å². The summed E-state index contributed by atoms with van der Waals surface area (Å²) >= 11 is 12.1. The molecule has 1 amide bonds. The first-order valence-corrected chi connectivity index (χ1v) is 7.96. The molecule has 3 aromatic rings. The topological polar surface area (TPSA) is 107 Å².